The van der Waals surface area contributed by atoms with Crippen molar-refractivity contribution in [1.29, 1.82) is 0 Å². The van der Waals surface area contributed by atoms with E-state index >= 15 is 0 Å². The SMILES string of the molecule is O=C([O-])CN1C(=O)/C(=C\c2ccc(OC(=O)c3ccccc3I)cc2)SC1=S. The van der Waals surface area contributed by atoms with Gasteiger partial charge in [-0.05, 0) is 58.5 Å². The number of ether oxygens (including phenoxy) is 1. The number of thiocarbonyl (C=S) groups is 1. The molecule has 1 amide bonds. The lowest BCUT2D eigenvalue weighted by molar-refractivity contribution is -0.305. The molecule has 0 radical (unpaired) electrons. The van der Waals surface area contributed by atoms with Gasteiger partial charge in [-0.3, -0.25) is 9.69 Å². The summed E-state index contributed by atoms with van der Waals surface area (Å²) in [7, 11) is 0. The maximum Gasteiger partial charge on any atom is 0.344 e. The van der Waals surface area contributed by atoms with Crippen LogP contribution in [0.25, 0.3) is 6.08 Å². The minimum Gasteiger partial charge on any atom is -0.548 e. The lowest BCUT2D eigenvalue weighted by Crippen LogP contribution is -2.40. The second-order valence-electron chi connectivity index (χ2n) is 5.58. The maximum atomic E-state index is 12.2. The Kier molecular flexibility index (Phi) is 6.47. The number of esters is 1. The van der Waals surface area contributed by atoms with Gasteiger partial charge in [0, 0.05) is 3.57 Å². The van der Waals surface area contributed by atoms with E-state index in [-0.39, 0.29) is 4.32 Å². The average molecular weight is 524 g/mol. The molecule has 0 aliphatic carbocycles. The third-order valence-electron chi connectivity index (χ3n) is 3.64. The van der Waals surface area contributed by atoms with E-state index in [4.69, 9.17) is 17.0 Å². The largest absolute Gasteiger partial charge is 0.548 e. The predicted octanol–water partition coefficient (Wildman–Crippen LogP) is 2.46. The van der Waals surface area contributed by atoms with Crippen LogP contribution in [-0.2, 0) is 9.59 Å². The fourth-order valence-electron chi connectivity index (χ4n) is 2.34. The number of carboxylic acid groups (broad SMARTS) is 1. The van der Waals surface area contributed by atoms with Crippen LogP contribution in [0.3, 0.4) is 0 Å². The van der Waals surface area contributed by atoms with Crippen molar-refractivity contribution in [2.45, 2.75) is 0 Å². The molecule has 142 valence electrons. The molecule has 1 saturated heterocycles. The topological polar surface area (TPSA) is 86.7 Å². The summed E-state index contributed by atoms with van der Waals surface area (Å²) >= 11 is 8.12. The maximum absolute atomic E-state index is 12.2. The Morgan fingerprint density at radius 3 is 2.50 bits per heavy atom. The Hall–Kier alpha value is -2.24. The number of hydrogen-bond acceptors (Lipinski definition) is 7. The molecule has 28 heavy (non-hydrogen) atoms. The number of nitrogens with zero attached hydrogens (tertiary/aromatic N) is 1. The molecule has 0 aromatic heterocycles. The summed E-state index contributed by atoms with van der Waals surface area (Å²) in [5.41, 5.74) is 1.16. The summed E-state index contributed by atoms with van der Waals surface area (Å²) in [5, 5.41) is 10.7. The third-order valence-corrected chi connectivity index (χ3v) is 5.96. The second kappa shape index (κ2) is 8.84. The fourth-order valence-corrected chi connectivity index (χ4v) is 4.20. The fraction of sp³-hybridized carbons (Fsp3) is 0.0526. The van der Waals surface area contributed by atoms with Crippen molar-refractivity contribution in [3.63, 3.8) is 0 Å². The van der Waals surface area contributed by atoms with E-state index in [0.29, 0.717) is 21.8 Å². The lowest BCUT2D eigenvalue weighted by atomic mass is 10.2. The molecule has 0 bridgehead atoms. The molecule has 0 unspecified atom stereocenters. The van der Waals surface area contributed by atoms with E-state index in [1.165, 1.54) is 0 Å². The van der Waals surface area contributed by atoms with Gasteiger partial charge in [0.15, 0.2) is 0 Å². The molecule has 2 aromatic rings. The number of halogens is 1. The molecule has 1 fully saturated rings. The zero-order chi connectivity index (χ0) is 20.3. The highest BCUT2D eigenvalue weighted by Gasteiger charge is 2.31. The van der Waals surface area contributed by atoms with Gasteiger partial charge in [0.25, 0.3) is 5.91 Å². The first-order valence-corrected chi connectivity index (χ1v) is 10.2. The van der Waals surface area contributed by atoms with Crippen molar-refractivity contribution in [3.05, 3.63) is 68.1 Å². The summed E-state index contributed by atoms with van der Waals surface area (Å²) in [4.78, 5) is 36.5. The normalized spacial score (nSPS) is 15.2. The van der Waals surface area contributed by atoms with Crippen molar-refractivity contribution in [2.75, 3.05) is 6.54 Å². The third kappa shape index (κ3) is 4.78. The van der Waals surface area contributed by atoms with Gasteiger partial charge in [-0.1, -0.05) is 48.2 Å². The van der Waals surface area contributed by atoms with Crippen LogP contribution in [0.2, 0.25) is 0 Å². The van der Waals surface area contributed by atoms with Crippen molar-refractivity contribution in [1.82, 2.24) is 4.90 Å². The number of aliphatic carboxylic acids is 1. The van der Waals surface area contributed by atoms with Gasteiger partial charge in [0.05, 0.1) is 23.0 Å². The van der Waals surface area contributed by atoms with Crippen LogP contribution in [0.15, 0.2) is 53.4 Å². The van der Waals surface area contributed by atoms with E-state index in [1.54, 1.807) is 42.5 Å². The van der Waals surface area contributed by atoms with Crippen molar-refractivity contribution in [3.8, 4) is 5.75 Å². The molecule has 6 nitrogen and oxygen atoms in total. The zero-order valence-electron chi connectivity index (χ0n) is 14.1. The van der Waals surface area contributed by atoms with Crippen LogP contribution >= 0.6 is 46.6 Å². The van der Waals surface area contributed by atoms with Gasteiger partial charge in [-0.2, -0.15) is 0 Å². The van der Waals surface area contributed by atoms with Gasteiger partial charge in [-0.25, -0.2) is 4.79 Å². The van der Waals surface area contributed by atoms with Gasteiger partial charge in [0.2, 0.25) is 0 Å². The Morgan fingerprint density at radius 1 is 1.18 bits per heavy atom. The Labute approximate surface area is 183 Å². The Bertz CT molecular complexity index is 1000. The van der Waals surface area contributed by atoms with Gasteiger partial charge < -0.3 is 14.6 Å². The quantitative estimate of drug-likeness (QED) is 0.195. The van der Waals surface area contributed by atoms with Crippen molar-refractivity contribution in [2.24, 2.45) is 0 Å². The van der Waals surface area contributed by atoms with E-state index < -0.39 is 24.4 Å². The molecule has 1 aliphatic rings. The summed E-state index contributed by atoms with van der Waals surface area (Å²) in [6, 6.07) is 13.7. The van der Waals surface area contributed by atoms with Crippen LogP contribution in [0, 0.1) is 3.57 Å². The van der Waals surface area contributed by atoms with Crippen LogP contribution < -0.4 is 9.84 Å². The number of rotatable bonds is 5. The highest BCUT2D eigenvalue weighted by molar-refractivity contribution is 14.1. The predicted molar refractivity (Wildman–Crippen MR) is 115 cm³/mol. The molecule has 2 aromatic carbocycles. The molecule has 1 heterocycles. The average Bonchev–Trinajstić information content (AvgIpc) is 2.90. The Morgan fingerprint density at radius 2 is 1.86 bits per heavy atom. The Balaban J connectivity index is 1.71. The van der Waals surface area contributed by atoms with Crippen LogP contribution in [0.1, 0.15) is 15.9 Å². The molecule has 0 saturated carbocycles. The summed E-state index contributed by atoms with van der Waals surface area (Å²) in [5.74, 6) is -1.95. The van der Waals surface area contributed by atoms with E-state index in [1.807, 2.05) is 12.1 Å². The first kappa shape index (κ1) is 20.5. The molecule has 3 rings (SSSR count). The zero-order valence-corrected chi connectivity index (χ0v) is 17.9. The van der Waals surface area contributed by atoms with Crippen LogP contribution in [0.5, 0.6) is 5.75 Å². The monoisotopic (exact) mass is 524 g/mol. The number of thioether (sulfide) groups is 1. The second-order valence-corrected chi connectivity index (χ2v) is 8.42. The number of amides is 1. The standard InChI is InChI=1S/C19H12INO5S2/c20-14-4-2-1-3-13(14)18(25)26-12-7-5-11(6-8-12)9-15-17(24)21(10-16(22)23)19(27)28-15/h1-9H,10H2,(H,22,23)/p-1/b15-9+. The number of benzene rings is 2. The number of carbonyl (C=O) groups is 3. The number of carboxylic acids is 1. The molecule has 0 N–H and O–H groups in total. The van der Waals surface area contributed by atoms with Crippen LogP contribution in [-0.4, -0.2) is 33.6 Å². The molecule has 0 atom stereocenters. The minimum atomic E-state index is -1.38. The van der Waals surface area contributed by atoms with Crippen molar-refractivity contribution >= 4 is 74.8 Å². The van der Waals surface area contributed by atoms with Crippen molar-refractivity contribution < 1.29 is 24.2 Å². The van der Waals surface area contributed by atoms with Crippen LogP contribution in [0.4, 0.5) is 0 Å². The summed E-state index contributed by atoms with van der Waals surface area (Å²) in [6.45, 7) is -0.574. The number of carbonyl (C=O) groups excluding carboxylic acids is 3. The molecule has 9 heteroatoms. The molecule has 0 spiro atoms. The molecular formula is C19H11INO5S2-. The first-order chi connectivity index (χ1) is 13.3. The van der Waals surface area contributed by atoms with Gasteiger partial charge >= 0.3 is 5.97 Å². The van der Waals surface area contributed by atoms with E-state index in [0.717, 1.165) is 20.2 Å². The smallest absolute Gasteiger partial charge is 0.344 e. The van der Waals surface area contributed by atoms with E-state index in [9.17, 15) is 19.5 Å². The van der Waals surface area contributed by atoms with E-state index in [2.05, 4.69) is 22.6 Å². The van der Waals surface area contributed by atoms with Gasteiger partial charge in [-0.15, -0.1) is 0 Å². The number of hydrogen-bond donors (Lipinski definition) is 0. The minimum absolute atomic E-state index is 0.170. The summed E-state index contributed by atoms with van der Waals surface area (Å²) < 4.78 is 6.33. The highest BCUT2D eigenvalue weighted by Crippen LogP contribution is 2.32. The highest BCUT2D eigenvalue weighted by atomic mass is 127. The lowest BCUT2D eigenvalue weighted by Gasteiger charge is -2.14. The summed E-state index contributed by atoms with van der Waals surface area (Å²) in [6.07, 6.45) is 1.60. The molecular weight excluding hydrogens is 513 g/mol. The first-order valence-electron chi connectivity index (χ1n) is 7.87. The molecule has 1 aliphatic heterocycles. The van der Waals surface area contributed by atoms with Gasteiger partial charge in [0.1, 0.15) is 10.1 Å².